The van der Waals surface area contributed by atoms with Crippen molar-refractivity contribution in [2.24, 2.45) is 0 Å². The molecule has 0 aliphatic heterocycles. The molecular formula is C18H25NO. The number of benzene rings is 2. The van der Waals surface area contributed by atoms with Gasteiger partial charge in [0.05, 0.1) is 6.10 Å². The van der Waals surface area contributed by atoms with Crippen molar-refractivity contribution in [3.8, 4) is 0 Å². The van der Waals surface area contributed by atoms with E-state index >= 15 is 0 Å². The molecule has 20 heavy (non-hydrogen) atoms. The maximum absolute atomic E-state index is 10.4. The Morgan fingerprint density at radius 2 is 1.80 bits per heavy atom. The zero-order valence-electron chi connectivity index (χ0n) is 12.5. The number of fused-ring (bicyclic) bond motifs is 1. The monoisotopic (exact) mass is 271 g/mol. The molecule has 0 bridgehead atoms. The molecule has 2 rings (SSSR count). The molecule has 108 valence electrons. The highest BCUT2D eigenvalue weighted by atomic mass is 16.3. The molecule has 0 fully saturated rings. The molecule has 0 saturated carbocycles. The van der Waals surface area contributed by atoms with Crippen LogP contribution in [0.3, 0.4) is 0 Å². The number of hydrogen-bond donors (Lipinski definition) is 1. The van der Waals surface area contributed by atoms with Gasteiger partial charge in [-0.25, -0.2) is 0 Å². The van der Waals surface area contributed by atoms with E-state index in [-0.39, 0.29) is 0 Å². The molecule has 2 aromatic carbocycles. The fraction of sp³-hybridized carbons (Fsp3) is 0.444. The molecule has 2 nitrogen and oxygen atoms in total. The van der Waals surface area contributed by atoms with Crippen molar-refractivity contribution in [2.75, 3.05) is 20.1 Å². The molecular weight excluding hydrogens is 246 g/mol. The average molecular weight is 271 g/mol. The lowest BCUT2D eigenvalue weighted by Crippen LogP contribution is -2.25. The summed E-state index contributed by atoms with van der Waals surface area (Å²) in [6.45, 7) is 3.96. The zero-order valence-corrected chi connectivity index (χ0v) is 12.5. The van der Waals surface area contributed by atoms with E-state index in [1.165, 1.54) is 30.0 Å². The third kappa shape index (κ3) is 4.06. The molecule has 2 aromatic rings. The molecule has 0 heterocycles. The first-order chi connectivity index (χ1) is 9.70. The first kappa shape index (κ1) is 15.0. The molecule has 0 amide bonds. The Bertz CT molecular complexity index is 538. The van der Waals surface area contributed by atoms with E-state index < -0.39 is 6.10 Å². The van der Waals surface area contributed by atoms with Gasteiger partial charge >= 0.3 is 0 Å². The van der Waals surface area contributed by atoms with E-state index in [1.807, 2.05) is 18.2 Å². The fourth-order valence-corrected chi connectivity index (χ4v) is 2.54. The van der Waals surface area contributed by atoms with Gasteiger partial charge in [-0.05, 0) is 42.4 Å². The van der Waals surface area contributed by atoms with Crippen molar-refractivity contribution in [3.05, 3.63) is 48.0 Å². The fourth-order valence-electron chi connectivity index (χ4n) is 2.54. The van der Waals surface area contributed by atoms with Crippen molar-refractivity contribution in [1.29, 1.82) is 0 Å². The van der Waals surface area contributed by atoms with Gasteiger partial charge in [-0.1, -0.05) is 56.2 Å². The Labute approximate surface area is 122 Å². The molecule has 0 aliphatic carbocycles. The molecule has 0 radical (unpaired) electrons. The van der Waals surface area contributed by atoms with Crippen molar-refractivity contribution in [1.82, 2.24) is 4.90 Å². The van der Waals surface area contributed by atoms with Crippen LogP contribution in [0.15, 0.2) is 42.5 Å². The second-order valence-corrected chi connectivity index (χ2v) is 5.59. The van der Waals surface area contributed by atoms with Crippen LogP contribution in [0.2, 0.25) is 0 Å². The number of rotatable bonds is 7. The van der Waals surface area contributed by atoms with Gasteiger partial charge in [-0.2, -0.15) is 0 Å². The summed E-state index contributed by atoms with van der Waals surface area (Å²) in [7, 11) is 2.08. The Hall–Kier alpha value is -1.38. The molecule has 1 unspecified atom stereocenters. The SMILES string of the molecule is CCCCCN(C)CC(O)c1ccc2ccccc2c1. The van der Waals surface area contributed by atoms with Crippen LogP contribution in [0.1, 0.15) is 37.9 Å². The number of hydrogen-bond acceptors (Lipinski definition) is 2. The van der Waals surface area contributed by atoms with Gasteiger partial charge in [-0.15, -0.1) is 0 Å². The van der Waals surface area contributed by atoms with Gasteiger partial charge < -0.3 is 10.0 Å². The molecule has 0 saturated heterocycles. The third-order valence-corrected chi connectivity index (χ3v) is 3.79. The summed E-state index contributed by atoms with van der Waals surface area (Å²) in [5.74, 6) is 0. The van der Waals surface area contributed by atoms with Gasteiger partial charge in [0.25, 0.3) is 0 Å². The number of aliphatic hydroxyl groups is 1. The summed E-state index contributed by atoms with van der Waals surface area (Å²) in [5, 5.41) is 12.8. The van der Waals surface area contributed by atoms with Crippen molar-refractivity contribution in [3.63, 3.8) is 0 Å². The smallest absolute Gasteiger partial charge is 0.0917 e. The molecule has 0 aromatic heterocycles. The lowest BCUT2D eigenvalue weighted by molar-refractivity contribution is 0.126. The number of unbranched alkanes of at least 4 members (excludes halogenated alkanes) is 2. The normalized spacial score (nSPS) is 13.0. The van der Waals surface area contributed by atoms with Gasteiger partial charge in [0, 0.05) is 6.54 Å². The second kappa shape index (κ2) is 7.41. The van der Waals surface area contributed by atoms with Crippen molar-refractivity contribution in [2.45, 2.75) is 32.3 Å². The van der Waals surface area contributed by atoms with Crippen molar-refractivity contribution < 1.29 is 5.11 Å². The second-order valence-electron chi connectivity index (χ2n) is 5.59. The summed E-state index contributed by atoms with van der Waals surface area (Å²) in [6, 6.07) is 14.5. The van der Waals surface area contributed by atoms with Gasteiger partial charge in [0.2, 0.25) is 0 Å². The van der Waals surface area contributed by atoms with Crippen LogP contribution in [0.25, 0.3) is 10.8 Å². The van der Waals surface area contributed by atoms with Gasteiger partial charge in [0.1, 0.15) is 0 Å². The first-order valence-electron chi connectivity index (χ1n) is 7.56. The van der Waals surface area contributed by atoms with E-state index in [1.54, 1.807) is 0 Å². The summed E-state index contributed by atoms with van der Waals surface area (Å²) in [6.07, 6.45) is 3.29. The standard InChI is InChI=1S/C18H25NO/c1-3-4-7-12-19(2)14-18(20)17-11-10-15-8-5-6-9-16(15)13-17/h5-6,8-11,13,18,20H,3-4,7,12,14H2,1-2H3. The summed E-state index contributed by atoms with van der Waals surface area (Å²) < 4.78 is 0. The Kier molecular flexibility index (Phi) is 5.57. The molecule has 1 atom stereocenters. The first-order valence-corrected chi connectivity index (χ1v) is 7.56. The quantitative estimate of drug-likeness (QED) is 0.770. The van der Waals surface area contributed by atoms with E-state index in [4.69, 9.17) is 0 Å². The van der Waals surface area contributed by atoms with Crippen LogP contribution in [-0.4, -0.2) is 30.1 Å². The van der Waals surface area contributed by atoms with E-state index in [0.717, 1.165) is 12.1 Å². The number of aliphatic hydroxyl groups excluding tert-OH is 1. The van der Waals surface area contributed by atoms with Crippen LogP contribution >= 0.6 is 0 Å². The summed E-state index contributed by atoms with van der Waals surface area (Å²) in [5.41, 5.74) is 1.01. The minimum Gasteiger partial charge on any atom is -0.387 e. The molecule has 0 aliphatic rings. The zero-order chi connectivity index (χ0) is 14.4. The van der Waals surface area contributed by atoms with Crippen LogP contribution in [0.4, 0.5) is 0 Å². The molecule has 0 spiro atoms. The van der Waals surface area contributed by atoms with E-state index in [9.17, 15) is 5.11 Å². The summed E-state index contributed by atoms with van der Waals surface area (Å²) in [4.78, 5) is 2.22. The Morgan fingerprint density at radius 1 is 1.05 bits per heavy atom. The maximum atomic E-state index is 10.4. The number of nitrogens with zero attached hydrogens (tertiary/aromatic N) is 1. The van der Waals surface area contributed by atoms with Crippen LogP contribution in [0, 0.1) is 0 Å². The Balaban J connectivity index is 1.98. The van der Waals surface area contributed by atoms with Crippen LogP contribution in [-0.2, 0) is 0 Å². The molecule has 1 N–H and O–H groups in total. The summed E-state index contributed by atoms with van der Waals surface area (Å²) >= 11 is 0. The van der Waals surface area contributed by atoms with Crippen LogP contribution in [0.5, 0.6) is 0 Å². The largest absolute Gasteiger partial charge is 0.387 e. The highest BCUT2D eigenvalue weighted by Crippen LogP contribution is 2.21. The van der Waals surface area contributed by atoms with Crippen molar-refractivity contribution >= 4 is 10.8 Å². The van der Waals surface area contributed by atoms with Gasteiger partial charge in [0.15, 0.2) is 0 Å². The predicted octanol–water partition coefficient (Wildman–Crippen LogP) is 4.00. The lowest BCUT2D eigenvalue weighted by Gasteiger charge is -2.21. The van der Waals surface area contributed by atoms with E-state index in [0.29, 0.717) is 6.54 Å². The Morgan fingerprint density at radius 3 is 2.55 bits per heavy atom. The maximum Gasteiger partial charge on any atom is 0.0917 e. The van der Waals surface area contributed by atoms with Gasteiger partial charge in [-0.3, -0.25) is 0 Å². The topological polar surface area (TPSA) is 23.5 Å². The minimum absolute atomic E-state index is 0.411. The minimum atomic E-state index is -0.411. The lowest BCUT2D eigenvalue weighted by atomic mass is 10.0. The highest BCUT2D eigenvalue weighted by Gasteiger charge is 2.10. The predicted molar refractivity (Wildman–Crippen MR) is 85.9 cm³/mol. The highest BCUT2D eigenvalue weighted by molar-refractivity contribution is 5.83. The number of likely N-dealkylation sites (N-methyl/N-ethyl adjacent to an activating group) is 1. The van der Waals surface area contributed by atoms with Crippen LogP contribution < -0.4 is 0 Å². The molecule has 2 heteroatoms. The van der Waals surface area contributed by atoms with E-state index in [2.05, 4.69) is 43.1 Å². The average Bonchev–Trinajstić information content (AvgIpc) is 2.47. The third-order valence-electron chi connectivity index (χ3n) is 3.79.